The van der Waals surface area contributed by atoms with E-state index in [9.17, 15) is 4.79 Å². The summed E-state index contributed by atoms with van der Waals surface area (Å²) in [5, 5.41) is 2.98. The first-order chi connectivity index (χ1) is 10.5. The van der Waals surface area contributed by atoms with E-state index in [-0.39, 0.29) is 5.91 Å². The number of rotatable bonds is 5. The van der Waals surface area contributed by atoms with Crippen LogP contribution in [0.15, 0.2) is 34.9 Å². The van der Waals surface area contributed by atoms with E-state index in [0.29, 0.717) is 11.5 Å². The van der Waals surface area contributed by atoms with Crippen molar-refractivity contribution in [1.29, 1.82) is 0 Å². The van der Waals surface area contributed by atoms with Crippen molar-refractivity contribution in [3.8, 4) is 0 Å². The highest BCUT2D eigenvalue weighted by Gasteiger charge is 2.31. The Labute approximate surface area is 131 Å². The van der Waals surface area contributed by atoms with Gasteiger partial charge >= 0.3 is 0 Å². The van der Waals surface area contributed by atoms with Crippen molar-refractivity contribution in [2.75, 3.05) is 19.4 Å². The highest BCUT2D eigenvalue weighted by atomic mass is 16.3. The summed E-state index contributed by atoms with van der Waals surface area (Å²) >= 11 is 0. The van der Waals surface area contributed by atoms with Crippen molar-refractivity contribution in [3.63, 3.8) is 0 Å². The molecule has 116 valence electrons. The van der Waals surface area contributed by atoms with Gasteiger partial charge in [0, 0.05) is 18.2 Å². The Hall–Kier alpha value is -2.07. The molecule has 4 nitrogen and oxygen atoms in total. The van der Waals surface area contributed by atoms with Gasteiger partial charge < -0.3 is 14.6 Å². The molecular formula is C18H22N2O2. The summed E-state index contributed by atoms with van der Waals surface area (Å²) in [6.45, 7) is 2.97. The Morgan fingerprint density at radius 3 is 2.73 bits per heavy atom. The molecule has 1 aromatic carbocycles. The van der Waals surface area contributed by atoms with Crippen molar-refractivity contribution in [2.24, 2.45) is 0 Å². The lowest BCUT2D eigenvalue weighted by Gasteiger charge is -2.13. The first-order valence-corrected chi connectivity index (χ1v) is 7.67. The smallest absolute Gasteiger partial charge is 0.259 e. The number of carbonyl (C=O) groups excluding carboxylic acids is 1. The van der Waals surface area contributed by atoms with Crippen LogP contribution >= 0.6 is 0 Å². The van der Waals surface area contributed by atoms with Gasteiger partial charge in [-0.3, -0.25) is 4.79 Å². The lowest BCUT2D eigenvalue weighted by Crippen LogP contribution is -2.14. The van der Waals surface area contributed by atoms with Gasteiger partial charge in [-0.25, -0.2) is 0 Å². The molecule has 22 heavy (non-hydrogen) atoms. The highest BCUT2D eigenvalue weighted by Crippen LogP contribution is 2.42. The summed E-state index contributed by atoms with van der Waals surface area (Å²) in [4.78, 5) is 14.6. The van der Waals surface area contributed by atoms with Gasteiger partial charge in [-0.2, -0.15) is 0 Å². The minimum atomic E-state index is -0.0876. The SMILES string of the molecule is Cc1cc(NC(=O)c2ccoc2C2CC2)ccc1CN(C)C. The maximum absolute atomic E-state index is 12.4. The van der Waals surface area contributed by atoms with Crippen molar-refractivity contribution in [3.05, 3.63) is 53.0 Å². The molecular weight excluding hydrogens is 276 g/mol. The third-order valence-corrected chi connectivity index (χ3v) is 3.97. The number of benzene rings is 1. The van der Waals surface area contributed by atoms with E-state index in [1.54, 1.807) is 12.3 Å². The third-order valence-electron chi connectivity index (χ3n) is 3.97. The third kappa shape index (κ3) is 3.22. The monoisotopic (exact) mass is 298 g/mol. The fourth-order valence-corrected chi connectivity index (χ4v) is 2.66. The molecule has 0 saturated heterocycles. The van der Waals surface area contributed by atoms with Gasteiger partial charge in [0.15, 0.2) is 0 Å². The van der Waals surface area contributed by atoms with E-state index in [4.69, 9.17) is 4.42 Å². The Morgan fingerprint density at radius 1 is 1.32 bits per heavy atom. The first kappa shape index (κ1) is 14.9. The van der Waals surface area contributed by atoms with E-state index in [0.717, 1.165) is 30.8 Å². The Morgan fingerprint density at radius 2 is 2.09 bits per heavy atom. The van der Waals surface area contributed by atoms with Crippen LogP contribution in [0.3, 0.4) is 0 Å². The molecule has 1 N–H and O–H groups in total. The van der Waals surface area contributed by atoms with E-state index >= 15 is 0 Å². The van der Waals surface area contributed by atoms with Crippen LogP contribution in [0.2, 0.25) is 0 Å². The summed E-state index contributed by atoms with van der Waals surface area (Å²) in [6.07, 6.45) is 3.84. The standard InChI is InChI=1S/C18H22N2O2/c1-12-10-15(7-6-14(12)11-20(2)3)19-18(21)16-8-9-22-17(16)13-4-5-13/h6-10,13H,4-5,11H2,1-3H3,(H,19,21). The average molecular weight is 298 g/mol. The predicted octanol–water partition coefficient (Wildman–Crippen LogP) is 3.78. The number of hydrogen-bond acceptors (Lipinski definition) is 3. The van der Waals surface area contributed by atoms with Gasteiger partial charge in [0.05, 0.1) is 11.8 Å². The molecule has 1 aliphatic carbocycles. The van der Waals surface area contributed by atoms with E-state index in [1.165, 1.54) is 11.1 Å². The number of aryl methyl sites for hydroxylation is 1. The Bertz CT molecular complexity index is 684. The van der Waals surface area contributed by atoms with Crippen LogP contribution in [0, 0.1) is 6.92 Å². The molecule has 2 aromatic rings. The van der Waals surface area contributed by atoms with Gasteiger partial charge in [-0.05, 0) is 63.2 Å². The zero-order valence-electron chi connectivity index (χ0n) is 13.3. The predicted molar refractivity (Wildman–Crippen MR) is 87.2 cm³/mol. The minimum absolute atomic E-state index is 0.0876. The van der Waals surface area contributed by atoms with Crippen molar-refractivity contribution in [2.45, 2.75) is 32.2 Å². The van der Waals surface area contributed by atoms with Crippen molar-refractivity contribution in [1.82, 2.24) is 4.90 Å². The second-order valence-electron chi connectivity index (χ2n) is 6.31. The second kappa shape index (κ2) is 5.97. The molecule has 3 rings (SSSR count). The molecule has 1 aliphatic rings. The zero-order valence-corrected chi connectivity index (χ0v) is 13.3. The van der Waals surface area contributed by atoms with Crippen LogP contribution in [-0.2, 0) is 6.54 Å². The van der Waals surface area contributed by atoms with Crippen LogP contribution in [0.1, 0.15) is 46.0 Å². The number of carbonyl (C=O) groups is 1. The molecule has 1 aromatic heterocycles. The maximum Gasteiger partial charge on any atom is 0.259 e. The molecule has 0 radical (unpaired) electrons. The van der Waals surface area contributed by atoms with Crippen LogP contribution in [-0.4, -0.2) is 24.9 Å². The lowest BCUT2D eigenvalue weighted by atomic mass is 10.1. The molecule has 0 atom stereocenters. The van der Waals surface area contributed by atoms with Gasteiger partial charge in [-0.1, -0.05) is 6.07 Å². The lowest BCUT2D eigenvalue weighted by molar-refractivity contribution is 0.102. The molecule has 0 aliphatic heterocycles. The van der Waals surface area contributed by atoms with Gasteiger partial charge in [0.25, 0.3) is 5.91 Å². The number of nitrogens with zero attached hydrogens (tertiary/aromatic N) is 1. The maximum atomic E-state index is 12.4. The largest absolute Gasteiger partial charge is 0.468 e. The molecule has 1 amide bonds. The van der Waals surface area contributed by atoms with Crippen LogP contribution in [0.25, 0.3) is 0 Å². The van der Waals surface area contributed by atoms with Crippen LogP contribution in [0.5, 0.6) is 0 Å². The normalized spacial score (nSPS) is 14.4. The average Bonchev–Trinajstić information content (AvgIpc) is 3.18. The fourth-order valence-electron chi connectivity index (χ4n) is 2.66. The molecule has 1 saturated carbocycles. The minimum Gasteiger partial charge on any atom is -0.468 e. The van der Waals surface area contributed by atoms with Gasteiger partial charge in [-0.15, -0.1) is 0 Å². The molecule has 4 heteroatoms. The number of furan rings is 1. The zero-order chi connectivity index (χ0) is 15.7. The van der Waals surface area contributed by atoms with Crippen LogP contribution < -0.4 is 5.32 Å². The molecule has 0 bridgehead atoms. The topological polar surface area (TPSA) is 45.5 Å². The van der Waals surface area contributed by atoms with E-state index in [2.05, 4.69) is 23.2 Å². The van der Waals surface area contributed by atoms with E-state index in [1.807, 2.05) is 26.2 Å². The van der Waals surface area contributed by atoms with Crippen molar-refractivity contribution >= 4 is 11.6 Å². The molecule has 1 fully saturated rings. The van der Waals surface area contributed by atoms with Crippen LogP contribution in [0.4, 0.5) is 5.69 Å². The highest BCUT2D eigenvalue weighted by molar-refractivity contribution is 6.05. The summed E-state index contributed by atoms with van der Waals surface area (Å²) in [5.41, 5.74) is 3.94. The number of hydrogen-bond donors (Lipinski definition) is 1. The number of amides is 1. The fraction of sp³-hybridized carbons (Fsp3) is 0.389. The first-order valence-electron chi connectivity index (χ1n) is 7.67. The van der Waals surface area contributed by atoms with Gasteiger partial charge in [0.1, 0.15) is 5.76 Å². The molecule has 0 spiro atoms. The quantitative estimate of drug-likeness (QED) is 0.913. The summed E-state index contributed by atoms with van der Waals surface area (Å²) in [7, 11) is 4.10. The van der Waals surface area contributed by atoms with Crippen molar-refractivity contribution < 1.29 is 9.21 Å². The summed E-state index contributed by atoms with van der Waals surface area (Å²) in [6, 6.07) is 7.81. The molecule has 1 heterocycles. The summed E-state index contributed by atoms with van der Waals surface area (Å²) < 4.78 is 5.47. The van der Waals surface area contributed by atoms with Gasteiger partial charge in [0.2, 0.25) is 0 Å². The Kier molecular flexibility index (Phi) is 4.03. The Balaban J connectivity index is 1.73. The molecule has 0 unspecified atom stereocenters. The number of nitrogens with one attached hydrogen (secondary N) is 1. The second-order valence-corrected chi connectivity index (χ2v) is 6.31. The van der Waals surface area contributed by atoms with E-state index < -0.39 is 0 Å². The summed E-state index contributed by atoms with van der Waals surface area (Å²) in [5.74, 6) is 1.17. The number of anilines is 1.